The number of aliphatic hydroxyl groups is 1. The van der Waals surface area contributed by atoms with Gasteiger partial charge in [-0.2, -0.15) is 0 Å². The van der Waals surface area contributed by atoms with Gasteiger partial charge in [0, 0.05) is 12.0 Å². The number of carbonyl (C=O) groups is 1. The Morgan fingerprint density at radius 2 is 2.05 bits per heavy atom. The van der Waals surface area contributed by atoms with Gasteiger partial charge in [0.1, 0.15) is 6.61 Å². The standard InChI is InChI=1S/C16H21NO3/c18-15-9-12-6-7-13(15)14(8-12)17-16(19)20-10-11-4-2-1-3-5-11/h1-5,12-15,18H,6-10H2,(H,17,19). The van der Waals surface area contributed by atoms with Crippen LogP contribution in [0.5, 0.6) is 0 Å². The van der Waals surface area contributed by atoms with Gasteiger partial charge in [-0.25, -0.2) is 4.79 Å². The summed E-state index contributed by atoms with van der Waals surface area (Å²) in [5.41, 5.74) is 0.979. The molecule has 0 radical (unpaired) electrons. The Labute approximate surface area is 119 Å². The molecule has 4 atom stereocenters. The van der Waals surface area contributed by atoms with Crippen molar-refractivity contribution in [3.63, 3.8) is 0 Å². The molecule has 20 heavy (non-hydrogen) atoms. The van der Waals surface area contributed by atoms with Crippen molar-refractivity contribution >= 4 is 6.09 Å². The normalized spacial score (nSPS) is 31.9. The Hall–Kier alpha value is -1.55. The molecule has 108 valence electrons. The summed E-state index contributed by atoms with van der Waals surface area (Å²) < 4.78 is 5.24. The second-order valence-corrected chi connectivity index (χ2v) is 5.96. The van der Waals surface area contributed by atoms with E-state index in [1.165, 1.54) is 6.42 Å². The number of fused-ring (bicyclic) bond motifs is 3. The van der Waals surface area contributed by atoms with Gasteiger partial charge in [-0.05, 0) is 37.2 Å². The average molecular weight is 275 g/mol. The predicted octanol–water partition coefficient (Wildman–Crippen LogP) is 2.46. The lowest BCUT2D eigenvalue weighted by Gasteiger charge is -2.45. The van der Waals surface area contributed by atoms with Crippen molar-refractivity contribution in [2.75, 3.05) is 0 Å². The van der Waals surface area contributed by atoms with E-state index in [0.717, 1.165) is 24.8 Å². The van der Waals surface area contributed by atoms with Gasteiger partial charge in [0.25, 0.3) is 0 Å². The molecular formula is C16H21NO3. The number of rotatable bonds is 3. The summed E-state index contributed by atoms with van der Waals surface area (Å²) in [5, 5.41) is 12.9. The van der Waals surface area contributed by atoms with Crippen LogP contribution in [0.3, 0.4) is 0 Å². The third kappa shape index (κ3) is 2.96. The summed E-state index contributed by atoms with van der Waals surface area (Å²) in [4.78, 5) is 11.9. The highest BCUT2D eigenvalue weighted by atomic mass is 16.5. The number of benzene rings is 1. The van der Waals surface area contributed by atoms with E-state index < -0.39 is 0 Å². The lowest BCUT2D eigenvalue weighted by Crippen LogP contribution is -2.52. The molecule has 0 saturated heterocycles. The molecule has 0 aromatic heterocycles. The summed E-state index contributed by atoms with van der Waals surface area (Å²) >= 11 is 0. The van der Waals surface area contributed by atoms with Crippen LogP contribution >= 0.6 is 0 Å². The Bertz CT molecular complexity index is 462. The smallest absolute Gasteiger partial charge is 0.407 e. The lowest BCUT2D eigenvalue weighted by atomic mass is 9.66. The van der Waals surface area contributed by atoms with Crippen molar-refractivity contribution in [2.45, 2.75) is 44.4 Å². The molecule has 0 spiro atoms. The van der Waals surface area contributed by atoms with Crippen molar-refractivity contribution in [1.82, 2.24) is 5.32 Å². The molecule has 0 heterocycles. The third-order valence-electron chi connectivity index (χ3n) is 4.60. The van der Waals surface area contributed by atoms with E-state index in [2.05, 4.69) is 5.32 Å². The fourth-order valence-corrected chi connectivity index (χ4v) is 3.55. The summed E-state index contributed by atoms with van der Waals surface area (Å²) in [7, 11) is 0. The SMILES string of the molecule is O=C(NC1CC2CCC1C(O)C2)OCc1ccccc1. The zero-order chi connectivity index (χ0) is 13.9. The molecular weight excluding hydrogens is 254 g/mol. The Morgan fingerprint density at radius 3 is 2.75 bits per heavy atom. The van der Waals surface area contributed by atoms with Gasteiger partial charge in [-0.3, -0.25) is 0 Å². The number of amides is 1. The monoisotopic (exact) mass is 275 g/mol. The maximum absolute atomic E-state index is 11.9. The fraction of sp³-hybridized carbons (Fsp3) is 0.562. The van der Waals surface area contributed by atoms with E-state index in [-0.39, 0.29) is 30.8 Å². The summed E-state index contributed by atoms with van der Waals surface area (Å²) in [6, 6.07) is 9.71. The molecule has 3 aliphatic carbocycles. The lowest BCUT2D eigenvalue weighted by molar-refractivity contribution is -0.0199. The van der Waals surface area contributed by atoms with Crippen LogP contribution in [0.4, 0.5) is 4.79 Å². The highest BCUT2D eigenvalue weighted by Crippen LogP contribution is 2.41. The second-order valence-electron chi connectivity index (χ2n) is 5.96. The molecule has 0 aliphatic heterocycles. The van der Waals surface area contributed by atoms with Crippen LogP contribution < -0.4 is 5.32 Å². The molecule has 3 saturated carbocycles. The number of hydrogen-bond donors (Lipinski definition) is 2. The molecule has 1 aromatic carbocycles. The van der Waals surface area contributed by atoms with Crippen molar-refractivity contribution < 1.29 is 14.6 Å². The molecule has 1 amide bonds. The maximum atomic E-state index is 11.9. The van der Waals surface area contributed by atoms with E-state index in [4.69, 9.17) is 4.74 Å². The number of aliphatic hydroxyl groups excluding tert-OH is 1. The van der Waals surface area contributed by atoms with Crippen molar-refractivity contribution in [3.8, 4) is 0 Å². The van der Waals surface area contributed by atoms with Gasteiger partial charge in [-0.1, -0.05) is 30.3 Å². The maximum Gasteiger partial charge on any atom is 0.407 e. The van der Waals surface area contributed by atoms with Crippen LogP contribution in [-0.2, 0) is 11.3 Å². The molecule has 4 rings (SSSR count). The molecule has 1 aromatic rings. The average Bonchev–Trinajstić information content (AvgIpc) is 2.46. The van der Waals surface area contributed by atoms with Gasteiger partial charge in [0.05, 0.1) is 6.10 Å². The Morgan fingerprint density at radius 1 is 1.25 bits per heavy atom. The number of alkyl carbamates (subject to hydrolysis) is 1. The zero-order valence-electron chi connectivity index (χ0n) is 11.5. The first-order chi connectivity index (χ1) is 9.72. The van der Waals surface area contributed by atoms with Crippen molar-refractivity contribution in [1.29, 1.82) is 0 Å². The van der Waals surface area contributed by atoms with Gasteiger partial charge >= 0.3 is 6.09 Å². The summed E-state index contributed by atoms with van der Waals surface area (Å²) in [6.07, 6.45) is 3.42. The van der Waals surface area contributed by atoms with Crippen LogP contribution in [0.15, 0.2) is 30.3 Å². The van der Waals surface area contributed by atoms with Gasteiger partial charge in [0.2, 0.25) is 0 Å². The van der Waals surface area contributed by atoms with Crippen LogP contribution in [0.2, 0.25) is 0 Å². The minimum Gasteiger partial charge on any atom is -0.445 e. The fourth-order valence-electron chi connectivity index (χ4n) is 3.55. The second kappa shape index (κ2) is 5.83. The molecule has 4 heteroatoms. The predicted molar refractivity (Wildman–Crippen MR) is 75.0 cm³/mol. The van der Waals surface area contributed by atoms with Gasteiger partial charge in [0.15, 0.2) is 0 Å². The van der Waals surface area contributed by atoms with E-state index in [9.17, 15) is 9.90 Å². The van der Waals surface area contributed by atoms with Crippen LogP contribution in [0, 0.1) is 11.8 Å². The quantitative estimate of drug-likeness (QED) is 0.891. The van der Waals surface area contributed by atoms with Crippen molar-refractivity contribution in [3.05, 3.63) is 35.9 Å². The minimum absolute atomic E-state index is 0.0702. The summed E-state index contributed by atoms with van der Waals surface area (Å²) in [6.45, 7) is 0.288. The van der Waals surface area contributed by atoms with E-state index in [1.54, 1.807) is 0 Å². The number of ether oxygens (including phenoxy) is 1. The topological polar surface area (TPSA) is 58.6 Å². The van der Waals surface area contributed by atoms with Crippen LogP contribution in [0.1, 0.15) is 31.2 Å². The Balaban J connectivity index is 1.49. The van der Waals surface area contributed by atoms with Gasteiger partial charge in [-0.15, -0.1) is 0 Å². The first kappa shape index (κ1) is 13.4. The first-order valence-electron chi connectivity index (χ1n) is 7.37. The largest absolute Gasteiger partial charge is 0.445 e. The molecule has 3 aliphatic rings. The van der Waals surface area contributed by atoms with Crippen LogP contribution in [-0.4, -0.2) is 23.3 Å². The zero-order valence-corrected chi connectivity index (χ0v) is 11.5. The molecule has 4 unspecified atom stereocenters. The van der Waals surface area contributed by atoms with E-state index >= 15 is 0 Å². The number of nitrogens with one attached hydrogen (secondary N) is 1. The third-order valence-corrected chi connectivity index (χ3v) is 4.60. The molecule has 4 nitrogen and oxygen atoms in total. The minimum atomic E-state index is -0.376. The van der Waals surface area contributed by atoms with Crippen LogP contribution in [0.25, 0.3) is 0 Å². The highest BCUT2D eigenvalue weighted by Gasteiger charge is 2.42. The summed E-state index contributed by atoms with van der Waals surface area (Å²) in [5.74, 6) is 0.749. The van der Waals surface area contributed by atoms with Crippen molar-refractivity contribution in [2.24, 2.45) is 11.8 Å². The number of hydrogen-bond acceptors (Lipinski definition) is 3. The van der Waals surface area contributed by atoms with Gasteiger partial charge < -0.3 is 15.2 Å². The first-order valence-corrected chi connectivity index (χ1v) is 7.37. The number of carbonyl (C=O) groups excluding carboxylic acids is 1. The molecule has 2 N–H and O–H groups in total. The van der Waals surface area contributed by atoms with E-state index in [1.807, 2.05) is 30.3 Å². The molecule has 3 fully saturated rings. The molecule has 2 bridgehead atoms. The highest BCUT2D eigenvalue weighted by molar-refractivity contribution is 5.67. The van der Waals surface area contributed by atoms with E-state index in [0.29, 0.717) is 5.92 Å². The Kier molecular flexibility index (Phi) is 3.92.